The van der Waals surface area contributed by atoms with E-state index in [1.54, 1.807) is 0 Å². The zero-order chi connectivity index (χ0) is 12.7. The van der Waals surface area contributed by atoms with E-state index in [9.17, 15) is 13.2 Å². The van der Waals surface area contributed by atoms with Crippen molar-refractivity contribution in [1.29, 1.82) is 0 Å². The van der Waals surface area contributed by atoms with E-state index in [1.165, 1.54) is 13.0 Å². The zero-order valence-corrected chi connectivity index (χ0v) is 10.3. The Labute approximate surface area is 102 Å². The molecule has 8 heteroatoms. The number of primary sulfonamides is 1. The minimum Gasteiger partial charge on any atom is -0.478 e. The molecule has 0 aromatic heterocycles. The number of aromatic carboxylic acids is 1. The third-order valence-electron chi connectivity index (χ3n) is 1.86. The van der Waals surface area contributed by atoms with Gasteiger partial charge in [-0.2, -0.15) is 0 Å². The van der Waals surface area contributed by atoms with Gasteiger partial charge in [-0.1, -0.05) is 23.2 Å². The molecule has 88 valence electrons. The molecule has 0 amide bonds. The molecule has 0 aliphatic carbocycles. The van der Waals surface area contributed by atoms with Gasteiger partial charge in [0.05, 0.1) is 15.6 Å². The molecule has 0 atom stereocenters. The number of carbonyl (C=O) groups is 1. The van der Waals surface area contributed by atoms with E-state index in [-0.39, 0.29) is 16.1 Å². The second kappa shape index (κ2) is 4.21. The van der Waals surface area contributed by atoms with Crippen molar-refractivity contribution in [2.24, 2.45) is 5.14 Å². The number of hydrogen-bond acceptors (Lipinski definition) is 3. The topological polar surface area (TPSA) is 97.5 Å². The van der Waals surface area contributed by atoms with E-state index in [0.717, 1.165) is 0 Å². The van der Waals surface area contributed by atoms with Crippen LogP contribution < -0.4 is 5.14 Å². The van der Waals surface area contributed by atoms with Gasteiger partial charge in [-0.3, -0.25) is 0 Å². The fourth-order valence-electron chi connectivity index (χ4n) is 1.15. The molecule has 1 aromatic rings. The second-order valence-corrected chi connectivity index (χ2v) is 5.30. The van der Waals surface area contributed by atoms with E-state index in [2.05, 4.69) is 0 Å². The quantitative estimate of drug-likeness (QED) is 0.862. The number of carboxylic acid groups (broad SMARTS) is 1. The summed E-state index contributed by atoms with van der Waals surface area (Å²) >= 11 is 11.4. The van der Waals surface area contributed by atoms with Crippen molar-refractivity contribution in [2.45, 2.75) is 11.8 Å². The van der Waals surface area contributed by atoms with Gasteiger partial charge in [0.15, 0.2) is 0 Å². The summed E-state index contributed by atoms with van der Waals surface area (Å²) in [7, 11) is -4.17. The smallest absolute Gasteiger partial charge is 0.337 e. The molecule has 5 nitrogen and oxygen atoms in total. The molecule has 0 unspecified atom stereocenters. The van der Waals surface area contributed by atoms with Crippen molar-refractivity contribution >= 4 is 39.2 Å². The van der Waals surface area contributed by atoms with Gasteiger partial charge in [-0.25, -0.2) is 18.4 Å². The van der Waals surface area contributed by atoms with Crippen LogP contribution in [0, 0.1) is 6.92 Å². The lowest BCUT2D eigenvalue weighted by molar-refractivity contribution is 0.0696. The highest BCUT2D eigenvalue weighted by Gasteiger charge is 2.24. The molecular formula is C8H7Cl2NO4S. The van der Waals surface area contributed by atoms with Crippen LogP contribution >= 0.6 is 23.2 Å². The van der Waals surface area contributed by atoms with Crippen LogP contribution in [-0.2, 0) is 10.0 Å². The highest BCUT2D eigenvalue weighted by atomic mass is 35.5. The first-order chi connectivity index (χ1) is 7.16. The van der Waals surface area contributed by atoms with Crippen LogP contribution in [0.15, 0.2) is 11.0 Å². The lowest BCUT2D eigenvalue weighted by Crippen LogP contribution is -2.15. The summed E-state index contributed by atoms with van der Waals surface area (Å²) in [5, 5.41) is 13.1. The first-order valence-corrected chi connectivity index (χ1v) is 6.21. The SMILES string of the molecule is Cc1cc(C(=O)O)c(Cl)c(S(N)(=O)=O)c1Cl. The third-order valence-corrected chi connectivity index (χ3v) is 3.94. The first kappa shape index (κ1) is 13.2. The molecular weight excluding hydrogens is 277 g/mol. The maximum absolute atomic E-state index is 11.2. The van der Waals surface area contributed by atoms with Crippen molar-refractivity contribution in [3.63, 3.8) is 0 Å². The number of aryl methyl sites for hydroxylation is 1. The van der Waals surface area contributed by atoms with E-state index in [0.29, 0.717) is 0 Å². The largest absolute Gasteiger partial charge is 0.478 e. The van der Waals surface area contributed by atoms with Crippen molar-refractivity contribution in [2.75, 3.05) is 0 Å². The Balaban J connectivity index is 3.80. The summed E-state index contributed by atoms with van der Waals surface area (Å²) in [5.41, 5.74) is -0.0833. The summed E-state index contributed by atoms with van der Waals surface area (Å²) in [6.45, 7) is 1.46. The minimum absolute atomic E-state index is 0.169. The highest BCUT2D eigenvalue weighted by molar-refractivity contribution is 7.89. The van der Waals surface area contributed by atoms with Crippen LogP contribution in [0.3, 0.4) is 0 Å². The van der Waals surface area contributed by atoms with E-state index < -0.39 is 25.9 Å². The maximum atomic E-state index is 11.2. The Morgan fingerprint density at radius 1 is 1.38 bits per heavy atom. The van der Waals surface area contributed by atoms with Crippen LogP contribution in [0.2, 0.25) is 10.0 Å². The van der Waals surface area contributed by atoms with E-state index in [4.69, 9.17) is 33.4 Å². The molecule has 0 radical (unpaired) electrons. The summed E-state index contributed by atoms with van der Waals surface area (Å²) in [5.74, 6) is -1.35. The molecule has 0 heterocycles. The fraction of sp³-hybridized carbons (Fsp3) is 0.125. The number of halogens is 2. The molecule has 0 bridgehead atoms. The van der Waals surface area contributed by atoms with Crippen molar-refractivity contribution in [1.82, 2.24) is 0 Å². The van der Waals surface area contributed by atoms with Gasteiger partial charge in [0.2, 0.25) is 10.0 Å². The molecule has 3 N–H and O–H groups in total. The summed E-state index contributed by atoms with van der Waals surface area (Å²) in [6.07, 6.45) is 0. The lowest BCUT2D eigenvalue weighted by atomic mass is 10.1. The predicted octanol–water partition coefficient (Wildman–Crippen LogP) is 1.65. The van der Waals surface area contributed by atoms with Crippen LogP contribution in [0.5, 0.6) is 0 Å². The van der Waals surface area contributed by atoms with Crippen molar-refractivity contribution in [3.05, 3.63) is 27.2 Å². The fourth-order valence-corrected chi connectivity index (χ4v) is 2.99. The molecule has 0 aliphatic rings. The standard InChI is InChI=1S/C8H7Cl2NO4S/c1-3-2-4(8(12)13)6(10)7(5(3)9)16(11,14)15/h2H,1H3,(H,12,13)(H2,11,14,15). The van der Waals surface area contributed by atoms with Gasteiger partial charge in [-0.05, 0) is 18.6 Å². The molecule has 16 heavy (non-hydrogen) atoms. The van der Waals surface area contributed by atoms with Crippen molar-refractivity contribution in [3.8, 4) is 0 Å². The normalized spacial score (nSPS) is 11.5. The molecule has 0 saturated heterocycles. The Hall–Kier alpha value is -0.820. The Morgan fingerprint density at radius 2 is 1.88 bits per heavy atom. The Kier molecular flexibility index (Phi) is 3.49. The molecule has 0 fully saturated rings. The lowest BCUT2D eigenvalue weighted by Gasteiger charge is -2.09. The molecule has 0 spiro atoms. The predicted molar refractivity (Wildman–Crippen MR) is 59.5 cm³/mol. The Bertz CT molecular complexity index is 568. The molecule has 1 rings (SSSR count). The number of hydrogen-bond donors (Lipinski definition) is 2. The zero-order valence-electron chi connectivity index (χ0n) is 7.99. The van der Waals surface area contributed by atoms with Crippen LogP contribution in [0.1, 0.15) is 15.9 Å². The van der Waals surface area contributed by atoms with Gasteiger partial charge in [0.25, 0.3) is 0 Å². The minimum atomic E-state index is -4.17. The van der Waals surface area contributed by atoms with Gasteiger partial charge in [-0.15, -0.1) is 0 Å². The second-order valence-electron chi connectivity index (χ2n) is 3.05. The van der Waals surface area contributed by atoms with Crippen molar-refractivity contribution < 1.29 is 18.3 Å². The van der Waals surface area contributed by atoms with Crippen LogP contribution in [0.4, 0.5) is 0 Å². The molecule has 0 saturated carbocycles. The van der Waals surface area contributed by atoms with Crippen LogP contribution in [-0.4, -0.2) is 19.5 Å². The monoisotopic (exact) mass is 283 g/mol. The highest BCUT2D eigenvalue weighted by Crippen LogP contribution is 2.34. The third kappa shape index (κ3) is 2.30. The number of carboxylic acids is 1. The summed E-state index contributed by atoms with van der Waals surface area (Å²) in [4.78, 5) is 10.2. The van der Waals surface area contributed by atoms with Gasteiger partial charge in [0, 0.05) is 0 Å². The molecule has 0 aliphatic heterocycles. The Morgan fingerprint density at radius 3 is 2.25 bits per heavy atom. The number of rotatable bonds is 2. The number of benzene rings is 1. The molecule has 1 aromatic carbocycles. The number of sulfonamides is 1. The number of nitrogens with two attached hydrogens (primary N) is 1. The van der Waals surface area contributed by atoms with Gasteiger partial charge in [0.1, 0.15) is 4.90 Å². The average molecular weight is 284 g/mol. The summed E-state index contributed by atoms with van der Waals surface area (Å²) in [6, 6.07) is 1.18. The van der Waals surface area contributed by atoms with Gasteiger partial charge < -0.3 is 5.11 Å². The first-order valence-electron chi connectivity index (χ1n) is 3.91. The summed E-state index contributed by atoms with van der Waals surface area (Å²) < 4.78 is 22.4. The van der Waals surface area contributed by atoms with E-state index in [1.807, 2.05) is 0 Å². The van der Waals surface area contributed by atoms with Gasteiger partial charge >= 0.3 is 5.97 Å². The average Bonchev–Trinajstić information content (AvgIpc) is 2.08. The van der Waals surface area contributed by atoms with Crippen LogP contribution in [0.25, 0.3) is 0 Å². The maximum Gasteiger partial charge on any atom is 0.337 e. The van der Waals surface area contributed by atoms with E-state index >= 15 is 0 Å².